The second-order valence-corrected chi connectivity index (χ2v) is 7.51. The van der Waals surface area contributed by atoms with Gasteiger partial charge in [0.25, 0.3) is 0 Å². The second-order valence-electron chi connectivity index (χ2n) is 4.16. The SMILES string of the molecule is CCOc1nn(C(=O)NOS(=O)c2c(Br)csc2C)c(=S)n1C. The van der Waals surface area contributed by atoms with Crippen LogP contribution >= 0.6 is 39.5 Å². The van der Waals surface area contributed by atoms with Gasteiger partial charge in [-0.1, -0.05) is 0 Å². The summed E-state index contributed by atoms with van der Waals surface area (Å²) in [6.45, 7) is 3.97. The van der Waals surface area contributed by atoms with E-state index in [1.165, 1.54) is 15.9 Å². The molecule has 1 amide bonds. The highest BCUT2D eigenvalue weighted by Crippen LogP contribution is 2.29. The van der Waals surface area contributed by atoms with E-state index in [0.717, 1.165) is 9.56 Å². The van der Waals surface area contributed by atoms with Crippen LogP contribution in [0.3, 0.4) is 0 Å². The lowest BCUT2D eigenvalue weighted by molar-refractivity contribution is 0.186. The number of hydrogen-bond donors (Lipinski definition) is 1. The van der Waals surface area contributed by atoms with Gasteiger partial charge in [-0.15, -0.1) is 21.1 Å². The molecule has 0 aliphatic rings. The van der Waals surface area contributed by atoms with Crippen molar-refractivity contribution < 1.29 is 18.0 Å². The molecule has 126 valence electrons. The van der Waals surface area contributed by atoms with Gasteiger partial charge in [-0.05, 0) is 42.0 Å². The van der Waals surface area contributed by atoms with Gasteiger partial charge in [0.2, 0.25) is 15.9 Å². The number of carbonyl (C=O) groups excluding carboxylic acids is 1. The third kappa shape index (κ3) is 3.88. The Morgan fingerprint density at radius 1 is 1.61 bits per heavy atom. The minimum absolute atomic E-state index is 0.119. The molecule has 0 saturated heterocycles. The summed E-state index contributed by atoms with van der Waals surface area (Å²) in [5.41, 5.74) is 2.07. The summed E-state index contributed by atoms with van der Waals surface area (Å²) in [4.78, 5) is 13.3. The van der Waals surface area contributed by atoms with Crippen LogP contribution in [0.4, 0.5) is 4.79 Å². The lowest BCUT2D eigenvalue weighted by Gasteiger charge is -2.04. The van der Waals surface area contributed by atoms with Crippen molar-refractivity contribution >= 4 is 56.6 Å². The minimum Gasteiger partial charge on any atom is -0.464 e. The number of amides is 1. The predicted octanol–water partition coefficient (Wildman–Crippen LogP) is 2.69. The highest BCUT2D eigenvalue weighted by molar-refractivity contribution is 9.10. The maximum atomic E-state index is 12.1. The molecular formula is C11H13BrN4O4S3. The number of halogens is 1. The lowest BCUT2D eigenvalue weighted by Crippen LogP contribution is -2.30. The fourth-order valence-electron chi connectivity index (χ4n) is 1.58. The van der Waals surface area contributed by atoms with Gasteiger partial charge in [0.1, 0.15) is 0 Å². The molecule has 0 saturated carbocycles. The Morgan fingerprint density at radius 3 is 2.87 bits per heavy atom. The lowest BCUT2D eigenvalue weighted by atomic mass is 10.5. The predicted molar refractivity (Wildman–Crippen MR) is 91.4 cm³/mol. The van der Waals surface area contributed by atoms with E-state index in [2.05, 4.69) is 26.5 Å². The van der Waals surface area contributed by atoms with Crippen LogP contribution in [0.5, 0.6) is 6.01 Å². The van der Waals surface area contributed by atoms with Crippen molar-refractivity contribution in [2.24, 2.45) is 7.05 Å². The number of hydroxylamine groups is 1. The Morgan fingerprint density at radius 2 is 2.30 bits per heavy atom. The maximum absolute atomic E-state index is 12.1. The van der Waals surface area contributed by atoms with Gasteiger partial charge in [0.05, 0.1) is 11.5 Å². The summed E-state index contributed by atoms with van der Waals surface area (Å²) in [6, 6.07) is -0.570. The van der Waals surface area contributed by atoms with E-state index in [1.807, 2.05) is 0 Å². The molecule has 0 spiro atoms. The Bertz CT molecular complexity index is 793. The topological polar surface area (TPSA) is 87.4 Å². The van der Waals surface area contributed by atoms with Crippen molar-refractivity contribution in [2.45, 2.75) is 18.7 Å². The molecule has 23 heavy (non-hydrogen) atoms. The molecule has 0 fully saturated rings. The Hall–Kier alpha value is -1.08. The molecule has 2 aromatic heterocycles. The number of carbonyl (C=O) groups is 1. The van der Waals surface area contributed by atoms with Crippen LogP contribution in [-0.4, -0.2) is 31.2 Å². The standard InChI is InChI=1S/C11H13BrN4O4S3/c1-4-19-10-13-16(11(21)15(10)3)9(17)14-20-23(18)8-6(2)22-5-7(8)12/h5H,4H2,1-3H3,(H,14,17). The first-order valence-electron chi connectivity index (χ1n) is 6.28. The quantitative estimate of drug-likeness (QED) is 0.567. The van der Waals surface area contributed by atoms with Gasteiger partial charge in [-0.25, -0.2) is 9.00 Å². The summed E-state index contributed by atoms with van der Waals surface area (Å²) < 4.78 is 25.4. The molecule has 0 aliphatic heterocycles. The average Bonchev–Trinajstić information content (AvgIpc) is 2.99. The molecule has 1 N–H and O–H groups in total. The number of thiophene rings is 1. The van der Waals surface area contributed by atoms with Crippen LogP contribution in [0.2, 0.25) is 0 Å². The number of ether oxygens (including phenoxy) is 1. The summed E-state index contributed by atoms with van der Waals surface area (Å²) in [5, 5.41) is 5.72. The van der Waals surface area contributed by atoms with Gasteiger partial charge in [-0.3, -0.25) is 4.57 Å². The summed E-state index contributed by atoms with van der Waals surface area (Å²) in [6.07, 6.45) is 0. The number of nitrogens with zero attached hydrogens (tertiary/aromatic N) is 3. The number of aromatic nitrogens is 3. The van der Waals surface area contributed by atoms with Gasteiger partial charge in [-0.2, -0.15) is 9.76 Å². The Labute approximate surface area is 152 Å². The van der Waals surface area contributed by atoms with E-state index in [-0.39, 0.29) is 10.8 Å². The third-order valence-corrected chi connectivity index (χ3v) is 6.43. The van der Waals surface area contributed by atoms with Crippen molar-refractivity contribution in [3.05, 3.63) is 19.5 Å². The Kier molecular flexibility index (Phi) is 6.08. The fraction of sp³-hybridized carbons (Fsp3) is 0.364. The Balaban J connectivity index is 2.10. The van der Waals surface area contributed by atoms with E-state index in [1.54, 1.807) is 26.3 Å². The van der Waals surface area contributed by atoms with E-state index >= 15 is 0 Å². The van der Waals surface area contributed by atoms with Crippen LogP contribution in [0.15, 0.2) is 14.7 Å². The molecular weight excluding hydrogens is 428 g/mol. The smallest absolute Gasteiger partial charge is 0.369 e. The molecule has 0 bridgehead atoms. The van der Waals surface area contributed by atoms with Crippen LogP contribution < -0.4 is 10.2 Å². The molecule has 8 nitrogen and oxygen atoms in total. The van der Waals surface area contributed by atoms with Crippen molar-refractivity contribution in [2.75, 3.05) is 6.61 Å². The first-order valence-corrected chi connectivity index (χ1v) is 9.44. The minimum atomic E-state index is -1.86. The number of nitrogens with one attached hydrogen (secondary N) is 1. The first-order chi connectivity index (χ1) is 10.9. The summed E-state index contributed by atoms with van der Waals surface area (Å²) in [7, 11) is 1.62. The van der Waals surface area contributed by atoms with Gasteiger partial charge in [0.15, 0.2) is 0 Å². The van der Waals surface area contributed by atoms with Crippen LogP contribution in [0, 0.1) is 11.7 Å². The fourth-order valence-corrected chi connectivity index (χ4v) is 4.61. The first kappa shape index (κ1) is 18.3. The summed E-state index contributed by atoms with van der Waals surface area (Å²) >= 11 is 7.93. The normalized spacial score (nSPS) is 12.2. The van der Waals surface area contributed by atoms with E-state index in [4.69, 9.17) is 21.2 Å². The zero-order valence-electron chi connectivity index (χ0n) is 12.4. The highest BCUT2D eigenvalue weighted by Gasteiger charge is 2.19. The maximum Gasteiger partial charge on any atom is 0.369 e. The zero-order valence-corrected chi connectivity index (χ0v) is 16.4. The highest BCUT2D eigenvalue weighted by atomic mass is 79.9. The van der Waals surface area contributed by atoms with Crippen LogP contribution in [-0.2, 0) is 22.4 Å². The number of hydrogen-bond acceptors (Lipinski definition) is 7. The van der Waals surface area contributed by atoms with Crippen molar-refractivity contribution in [3.8, 4) is 6.01 Å². The van der Waals surface area contributed by atoms with E-state index in [9.17, 15) is 9.00 Å². The average molecular weight is 441 g/mol. The molecule has 2 aromatic rings. The molecule has 12 heteroatoms. The summed E-state index contributed by atoms with van der Waals surface area (Å²) in [5.74, 6) is 0. The van der Waals surface area contributed by atoms with Crippen molar-refractivity contribution in [1.29, 1.82) is 0 Å². The van der Waals surface area contributed by atoms with Gasteiger partial charge in [0, 0.05) is 21.8 Å². The molecule has 2 heterocycles. The van der Waals surface area contributed by atoms with Crippen LogP contribution in [0.25, 0.3) is 0 Å². The van der Waals surface area contributed by atoms with Gasteiger partial charge >= 0.3 is 12.0 Å². The van der Waals surface area contributed by atoms with E-state index < -0.39 is 17.1 Å². The molecule has 2 rings (SSSR count). The van der Waals surface area contributed by atoms with Crippen molar-refractivity contribution in [3.63, 3.8) is 0 Å². The molecule has 1 unspecified atom stereocenters. The third-order valence-electron chi connectivity index (χ3n) is 2.65. The monoisotopic (exact) mass is 440 g/mol. The number of aryl methyl sites for hydroxylation is 1. The van der Waals surface area contributed by atoms with E-state index in [0.29, 0.717) is 16.0 Å². The van der Waals surface area contributed by atoms with Crippen molar-refractivity contribution in [1.82, 2.24) is 19.8 Å². The molecule has 0 aliphatic carbocycles. The molecule has 1 atom stereocenters. The zero-order chi connectivity index (χ0) is 17.1. The molecule has 0 radical (unpaired) electrons. The second kappa shape index (κ2) is 7.66. The van der Waals surface area contributed by atoms with Gasteiger partial charge < -0.3 is 4.74 Å². The number of rotatable bonds is 5. The molecule has 0 aromatic carbocycles. The largest absolute Gasteiger partial charge is 0.464 e. The van der Waals surface area contributed by atoms with Crippen LogP contribution in [0.1, 0.15) is 11.8 Å².